The highest BCUT2D eigenvalue weighted by atomic mass is 32.1. The van der Waals surface area contributed by atoms with Crippen molar-refractivity contribution < 1.29 is 4.79 Å². The van der Waals surface area contributed by atoms with Gasteiger partial charge in [-0.25, -0.2) is 9.97 Å². The minimum absolute atomic E-state index is 0.247. The number of nitrogens with one attached hydrogen (secondary N) is 1. The molecule has 0 saturated carbocycles. The monoisotopic (exact) mass is 360 g/mol. The predicted octanol–water partition coefficient (Wildman–Crippen LogP) is 4.44. The molecular formula is C20H16N4OS. The summed E-state index contributed by atoms with van der Waals surface area (Å²) in [5.41, 5.74) is 3.48. The minimum Gasteiger partial charge on any atom is -0.292 e. The van der Waals surface area contributed by atoms with Crippen molar-refractivity contribution in [3.8, 4) is 5.69 Å². The lowest BCUT2D eigenvalue weighted by atomic mass is 10.3. The van der Waals surface area contributed by atoms with Crippen LogP contribution in [0.5, 0.6) is 0 Å². The van der Waals surface area contributed by atoms with E-state index < -0.39 is 0 Å². The lowest BCUT2D eigenvalue weighted by molar-refractivity contribution is -0.111. The third-order valence-corrected chi connectivity index (χ3v) is 4.64. The number of thiazole rings is 1. The summed E-state index contributed by atoms with van der Waals surface area (Å²) in [7, 11) is 0. The topological polar surface area (TPSA) is 59.8 Å². The van der Waals surface area contributed by atoms with Gasteiger partial charge in [-0.1, -0.05) is 30.3 Å². The Morgan fingerprint density at radius 1 is 1.08 bits per heavy atom. The van der Waals surface area contributed by atoms with Crippen LogP contribution in [0.25, 0.3) is 22.8 Å². The van der Waals surface area contributed by atoms with Gasteiger partial charge in [-0.15, -0.1) is 11.3 Å². The van der Waals surface area contributed by atoms with Crippen LogP contribution in [0.2, 0.25) is 0 Å². The summed E-state index contributed by atoms with van der Waals surface area (Å²) >= 11 is 1.55. The van der Waals surface area contributed by atoms with Gasteiger partial charge in [0.1, 0.15) is 0 Å². The normalized spacial score (nSPS) is 11.3. The molecule has 2 heterocycles. The molecule has 0 bridgehead atoms. The van der Waals surface area contributed by atoms with Crippen LogP contribution in [0, 0.1) is 6.92 Å². The smallest absolute Gasteiger partial charge is 0.250 e. The summed E-state index contributed by atoms with van der Waals surface area (Å²) in [4.78, 5) is 21.3. The molecule has 0 radical (unpaired) electrons. The molecule has 0 fully saturated rings. The fourth-order valence-electron chi connectivity index (χ4n) is 2.72. The molecule has 4 aromatic rings. The van der Waals surface area contributed by atoms with E-state index in [-0.39, 0.29) is 5.91 Å². The summed E-state index contributed by atoms with van der Waals surface area (Å²) in [5.74, 6) is 0.240. The molecule has 0 aliphatic rings. The van der Waals surface area contributed by atoms with E-state index in [1.807, 2.05) is 71.5 Å². The highest BCUT2D eigenvalue weighted by molar-refractivity contribution is 7.09. The Balaban J connectivity index is 1.68. The van der Waals surface area contributed by atoms with Crippen LogP contribution in [0.1, 0.15) is 10.7 Å². The van der Waals surface area contributed by atoms with Crippen LogP contribution >= 0.6 is 11.3 Å². The van der Waals surface area contributed by atoms with Crippen LogP contribution < -0.4 is 5.32 Å². The summed E-state index contributed by atoms with van der Waals surface area (Å²) in [6.45, 7) is 1.93. The minimum atomic E-state index is -0.247. The van der Waals surface area contributed by atoms with Gasteiger partial charge in [-0.05, 0) is 37.3 Å². The first kappa shape index (κ1) is 16.2. The number of hydrogen-bond acceptors (Lipinski definition) is 4. The molecule has 0 unspecified atom stereocenters. The fourth-order valence-corrected chi connectivity index (χ4v) is 3.30. The van der Waals surface area contributed by atoms with E-state index in [9.17, 15) is 4.79 Å². The molecule has 1 N–H and O–H groups in total. The summed E-state index contributed by atoms with van der Waals surface area (Å²) in [6.07, 6.45) is 3.18. The van der Waals surface area contributed by atoms with Gasteiger partial charge in [0.05, 0.1) is 21.7 Å². The Morgan fingerprint density at radius 2 is 1.85 bits per heavy atom. The quantitative estimate of drug-likeness (QED) is 0.547. The number of fused-ring (bicyclic) bond motifs is 1. The summed E-state index contributed by atoms with van der Waals surface area (Å²) in [6, 6.07) is 17.6. The largest absolute Gasteiger partial charge is 0.292 e. The third kappa shape index (κ3) is 3.27. The number of para-hydroxylation sites is 3. The molecule has 1 amide bonds. The number of nitrogens with zero attached hydrogens (tertiary/aromatic N) is 3. The number of benzene rings is 2. The SMILES string of the molecule is Cc1nc(/C=C/C(=O)Nc2nc3ccccc3n2-c2ccccc2)cs1. The van der Waals surface area contributed by atoms with Gasteiger partial charge in [0.25, 0.3) is 5.91 Å². The average Bonchev–Trinajstić information content (AvgIpc) is 3.23. The predicted molar refractivity (Wildman–Crippen MR) is 106 cm³/mol. The van der Waals surface area contributed by atoms with Crippen molar-refractivity contribution in [1.82, 2.24) is 14.5 Å². The molecule has 128 valence electrons. The lowest BCUT2D eigenvalue weighted by Gasteiger charge is -2.09. The number of anilines is 1. The molecule has 0 aliphatic carbocycles. The average molecular weight is 360 g/mol. The van der Waals surface area contributed by atoms with Crippen molar-refractivity contribution in [1.29, 1.82) is 0 Å². The maximum Gasteiger partial charge on any atom is 0.250 e. The molecule has 0 spiro atoms. The number of carbonyl (C=O) groups is 1. The summed E-state index contributed by atoms with van der Waals surface area (Å²) in [5, 5.41) is 5.76. The molecular weight excluding hydrogens is 344 g/mol. The van der Waals surface area contributed by atoms with E-state index in [1.54, 1.807) is 17.4 Å². The molecule has 0 atom stereocenters. The number of hydrogen-bond donors (Lipinski definition) is 1. The van der Waals surface area contributed by atoms with E-state index in [2.05, 4.69) is 15.3 Å². The lowest BCUT2D eigenvalue weighted by Crippen LogP contribution is -2.12. The van der Waals surface area contributed by atoms with Crippen LogP contribution in [0.15, 0.2) is 66.1 Å². The molecule has 0 aliphatic heterocycles. The second-order valence-corrected chi connectivity index (χ2v) is 6.77. The Bertz CT molecular complexity index is 1100. The molecule has 0 saturated heterocycles. The molecule has 2 aromatic carbocycles. The fraction of sp³-hybridized carbons (Fsp3) is 0.0500. The maximum absolute atomic E-state index is 12.4. The first-order valence-corrected chi connectivity index (χ1v) is 9.03. The van der Waals surface area contributed by atoms with Gasteiger partial charge in [0.15, 0.2) is 0 Å². The van der Waals surface area contributed by atoms with Crippen LogP contribution in [-0.2, 0) is 4.79 Å². The van der Waals surface area contributed by atoms with Crippen molar-refractivity contribution >= 4 is 40.3 Å². The highest BCUT2D eigenvalue weighted by Gasteiger charge is 2.13. The second kappa shape index (κ2) is 6.93. The number of imidazole rings is 1. The van der Waals surface area contributed by atoms with Gasteiger partial charge in [0, 0.05) is 17.1 Å². The zero-order chi connectivity index (χ0) is 17.9. The number of aryl methyl sites for hydroxylation is 1. The molecule has 6 heteroatoms. The molecule has 4 rings (SSSR count). The first-order chi connectivity index (χ1) is 12.7. The van der Waals surface area contributed by atoms with Gasteiger partial charge < -0.3 is 0 Å². The van der Waals surface area contributed by atoms with Crippen molar-refractivity contribution in [3.05, 3.63) is 76.8 Å². The van der Waals surface area contributed by atoms with Crippen molar-refractivity contribution in [2.24, 2.45) is 0 Å². The van der Waals surface area contributed by atoms with E-state index in [1.165, 1.54) is 6.08 Å². The van der Waals surface area contributed by atoms with Crippen molar-refractivity contribution in [2.75, 3.05) is 5.32 Å². The van der Waals surface area contributed by atoms with Crippen molar-refractivity contribution in [2.45, 2.75) is 6.92 Å². The zero-order valence-corrected chi connectivity index (χ0v) is 14.9. The van der Waals surface area contributed by atoms with E-state index >= 15 is 0 Å². The Hall–Kier alpha value is -3.25. The van der Waals surface area contributed by atoms with Crippen LogP contribution in [0.4, 0.5) is 5.95 Å². The van der Waals surface area contributed by atoms with Gasteiger partial charge in [-0.2, -0.15) is 0 Å². The van der Waals surface area contributed by atoms with E-state index in [4.69, 9.17) is 0 Å². The Kier molecular flexibility index (Phi) is 4.33. The molecule has 5 nitrogen and oxygen atoms in total. The number of carbonyl (C=O) groups excluding carboxylic acids is 1. The highest BCUT2D eigenvalue weighted by Crippen LogP contribution is 2.24. The third-order valence-electron chi connectivity index (χ3n) is 3.85. The molecule has 26 heavy (non-hydrogen) atoms. The van der Waals surface area contributed by atoms with Gasteiger partial charge >= 0.3 is 0 Å². The Labute approximate surface area is 154 Å². The maximum atomic E-state index is 12.4. The van der Waals surface area contributed by atoms with Crippen molar-refractivity contribution in [3.63, 3.8) is 0 Å². The van der Waals surface area contributed by atoms with Gasteiger partial charge in [-0.3, -0.25) is 14.7 Å². The first-order valence-electron chi connectivity index (χ1n) is 8.15. The van der Waals surface area contributed by atoms with Crippen LogP contribution in [-0.4, -0.2) is 20.4 Å². The van der Waals surface area contributed by atoms with E-state index in [0.29, 0.717) is 5.95 Å². The van der Waals surface area contributed by atoms with E-state index in [0.717, 1.165) is 27.4 Å². The number of aromatic nitrogens is 3. The molecule has 2 aromatic heterocycles. The Morgan fingerprint density at radius 3 is 2.62 bits per heavy atom. The zero-order valence-electron chi connectivity index (χ0n) is 14.1. The summed E-state index contributed by atoms with van der Waals surface area (Å²) < 4.78 is 1.94. The number of amides is 1. The number of rotatable bonds is 4. The second-order valence-electron chi connectivity index (χ2n) is 5.71. The van der Waals surface area contributed by atoms with Gasteiger partial charge in [0.2, 0.25) is 5.95 Å². The van der Waals surface area contributed by atoms with Crippen LogP contribution in [0.3, 0.4) is 0 Å². The standard InChI is InChI=1S/C20H16N4OS/c1-14-21-15(13-26-14)11-12-19(25)23-20-22-17-9-5-6-10-18(17)24(20)16-7-3-2-4-8-16/h2-13H,1H3,(H,22,23,25)/b12-11+.